The fraction of sp³-hybridized carbons (Fsp3) is 0.0909. The molecule has 90 valence electrons. The number of nitrogens with zero attached hydrogens (tertiary/aromatic N) is 4. The van der Waals surface area contributed by atoms with Gasteiger partial charge < -0.3 is 10.1 Å². The van der Waals surface area contributed by atoms with Crippen molar-refractivity contribution in [1.82, 2.24) is 9.78 Å². The van der Waals surface area contributed by atoms with E-state index < -0.39 is 10.7 Å². The van der Waals surface area contributed by atoms with Gasteiger partial charge in [0.25, 0.3) is 0 Å². The molecule has 0 spiro atoms. The lowest BCUT2D eigenvalue weighted by Gasteiger charge is -2.00. The fourth-order valence-corrected chi connectivity index (χ4v) is 1.46. The maximum absolute atomic E-state index is 13.6. The van der Waals surface area contributed by atoms with Crippen molar-refractivity contribution < 1.29 is 9.31 Å². The molecule has 0 saturated carbocycles. The van der Waals surface area contributed by atoms with Crippen molar-refractivity contribution in [2.24, 2.45) is 0 Å². The first-order valence-corrected chi connectivity index (χ1v) is 4.96. The molecule has 0 aliphatic heterocycles. The van der Waals surface area contributed by atoms with Crippen LogP contribution in [0.5, 0.6) is 0 Å². The normalized spacial score (nSPS) is 10.0. The first kappa shape index (κ1) is 11.7. The van der Waals surface area contributed by atoms with Crippen LogP contribution in [0.2, 0.25) is 0 Å². The highest BCUT2D eigenvalue weighted by Crippen LogP contribution is 2.13. The second-order valence-corrected chi connectivity index (χ2v) is 3.55. The molecule has 0 aliphatic carbocycles. The van der Waals surface area contributed by atoms with E-state index in [0.717, 1.165) is 6.07 Å². The Balaban J connectivity index is 2.23. The summed E-state index contributed by atoms with van der Waals surface area (Å²) in [4.78, 5) is 9.82. The van der Waals surface area contributed by atoms with E-state index in [4.69, 9.17) is 5.26 Å². The molecule has 0 aliphatic rings. The van der Waals surface area contributed by atoms with E-state index >= 15 is 0 Å². The van der Waals surface area contributed by atoms with E-state index in [1.807, 2.05) is 6.07 Å². The van der Waals surface area contributed by atoms with Gasteiger partial charge in [0.05, 0.1) is 35.5 Å². The van der Waals surface area contributed by atoms with Crippen molar-refractivity contribution in [3.05, 3.63) is 57.5 Å². The zero-order chi connectivity index (χ0) is 13.1. The van der Waals surface area contributed by atoms with Gasteiger partial charge in [0.15, 0.2) is 0 Å². The van der Waals surface area contributed by atoms with Crippen LogP contribution in [-0.2, 0) is 6.54 Å². The van der Waals surface area contributed by atoms with E-state index in [1.54, 1.807) is 0 Å². The topological polar surface area (TPSA) is 84.8 Å². The summed E-state index contributed by atoms with van der Waals surface area (Å²) in [5.41, 5.74) is 0.537. The molecule has 6 nitrogen and oxygen atoms in total. The van der Waals surface area contributed by atoms with Crippen LogP contribution in [0.15, 0.2) is 30.5 Å². The Morgan fingerprint density at radius 1 is 1.50 bits per heavy atom. The lowest BCUT2D eigenvalue weighted by molar-refractivity contribution is -0.389. The quantitative estimate of drug-likeness (QED) is 0.611. The molecule has 2 rings (SSSR count). The van der Waals surface area contributed by atoms with Crippen molar-refractivity contribution in [3.63, 3.8) is 0 Å². The zero-order valence-electron chi connectivity index (χ0n) is 9.08. The lowest BCUT2D eigenvalue weighted by Crippen LogP contribution is -2.03. The van der Waals surface area contributed by atoms with Crippen molar-refractivity contribution in [1.29, 1.82) is 5.26 Å². The van der Waals surface area contributed by atoms with Crippen LogP contribution in [0.25, 0.3) is 0 Å². The minimum absolute atomic E-state index is 0.0748. The lowest BCUT2D eigenvalue weighted by atomic mass is 10.1. The summed E-state index contributed by atoms with van der Waals surface area (Å²) in [6.07, 6.45) is 1.40. The number of hydrogen-bond donors (Lipinski definition) is 0. The van der Waals surface area contributed by atoms with Crippen molar-refractivity contribution in [2.45, 2.75) is 6.54 Å². The van der Waals surface area contributed by atoms with E-state index in [2.05, 4.69) is 5.10 Å². The minimum Gasteiger partial charge on any atom is -0.358 e. The SMILES string of the molecule is N#Cc1ccc(Cn2ccc([N+](=O)[O-])n2)c(F)c1. The zero-order valence-corrected chi connectivity index (χ0v) is 9.08. The van der Waals surface area contributed by atoms with Crippen LogP contribution in [0.3, 0.4) is 0 Å². The van der Waals surface area contributed by atoms with Gasteiger partial charge in [0.1, 0.15) is 5.82 Å². The van der Waals surface area contributed by atoms with Crippen LogP contribution in [0, 0.1) is 27.3 Å². The maximum atomic E-state index is 13.6. The molecule has 18 heavy (non-hydrogen) atoms. The Hall–Kier alpha value is -2.75. The number of aromatic nitrogens is 2. The standard InChI is InChI=1S/C11H7FN4O2/c12-10-5-8(6-13)1-2-9(10)7-15-4-3-11(14-15)16(17)18/h1-5H,7H2. The molecular weight excluding hydrogens is 239 g/mol. The molecule has 0 saturated heterocycles. The number of benzene rings is 1. The Bertz CT molecular complexity index is 645. The second kappa shape index (κ2) is 4.63. The summed E-state index contributed by atoms with van der Waals surface area (Å²) in [5.74, 6) is -0.823. The molecule has 1 aromatic carbocycles. The van der Waals surface area contributed by atoms with E-state index in [9.17, 15) is 14.5 Å². The smallest absolute Gasteiger partial charge is 0.358 e. The average molecular weight is 246 g/mol. The fourth-order valence-electron chi connectivity index (χ4n) is 1.46. The van der Waals surface area contributed by atoms with Gasteiger partial charge in [-0.2, -0.15) is 9.94 Å². The third-order valence-electron chi connectivity index (χ3n) is 2.33. The van der Waals surface area contributed by atoms with Crippen molar-refractivity contribution >= 4 is 5.82 Å². The number of nitro groups is 1. The van der Waals surface area contributed by atoms with E-state index in [-0.39, 0.29) is 17.9 Å². The summed E-state index contributed by atoms with van der Waals surface area (Å²) in [6, 6.07) is 7.12. The Kier molecular flexibility index (Phi) is 3.02. The molecule has 1 heterocycles. The Morgan fingerprint density at radius 3 is 2.83 bits per heavy atom. The highest BCUT2D eigenvalue weighted by Gasteiger charge is 2.12. The highest BCUT2D eigenvalue weighted by atomic mass is 19.1. The molecule has 7 heteroatoms. The molecule has 0 radical (unpaired) electrons. The monoisotopic (exact) mass is 246 g/mol. The molecule has 1 aromatic heterocycles. The third-order valence-corrected chi connectivity index (χ3v) is 2.33. The molecule has 0 N–H and O–H groups in total. The number of hydrogen-bond acceptors (Lipinski definition) is 4. The van der Waals surface area contributed by atoms with Crippen LogP contribution in [0.4, 0.5) is 10.2 Å². The van der Waals surface area contributed by atoms with Crippen LogP contribution >= 0.6 is 0 Å². The molecule has 0 atom stereocenters. The molecule has 0 bridgehead atoms. The Morgan fingerprint density at radius 2 is 2.28 bits per heavy atom. The number of rotatable bonds is 3. The summed E-state index contributed by atoms with van der Waals surface area (Å²) >= 11 is 0. The van der Waals surface area contributed by atoms with Gasteiger partial charge in [-0.3, -0.25) is 0 Å². The molecule has 0 unspecified atom stereocenters. The van der Waals surface area contributed by atoms with Gasteiger partial charge >= 0.3 is 5.82 Å². The summed E-state index contributed by atoms with van der Waals surface area (Å²) in [5, 5.41) is 22.7. The van der Waals surface area contributed by atoms with Gasteiger partial charge in [0, 0.05) is 5.56 Å². The Labute approximate surface area is 101 Å². The van der Waals surface area contributed by atoms with Gasteiger partial charge in [-0.15, -0.1) is 0 Å². The largest absolute Gasteiger partial charge is 0.389 e. The third kappa shape index (κ3) is 2.32. The summed E-state index contributed by atoms with van der Waals surface area (Å²) in [6.45, 7) is 0.0748. The predicted molar refractivity (Wildman–Crippen MR) is 59.1 cm³/mol. The molecule has 0 amide bonds. The first-order valence-electron chi connectivity index (χ1n) is 4.96. The molecule has 2 aromatic rings. The van der Waals surface area contributed by atoms with Crippen molar-refractivity contribution in [2.75, 3.05) is 0 Å². The predicted octanol–water partition coefficient (Wildman–Crippen LogP) is 1.85. The molecule has 0 fully saturated rings. The van der Waals surface area contributed by atoms with Gasteiger partial charge in [-0.25, -0.2) is 4.39 Å². The highest BCUT2D eigenvalue weighted by molar-refractivity contribution is 5.33. The van der Waals surface area contributed by atoms with Crippen molar-refractivity contribution in [3.8, 4) is 6.07 Å². The van der Waals surface area contributed by atoms with Gasteiger partial charge in [0.2, 0.25) is 0 Å². The van der Waals surface area contributed by atoms with E-state index in [1.165, 1.54) is 29.1 Å². The van der Waals surface area contributed by atoms with Crippen LogP contribution in [-0.4, -0.2) is 14.7 Å². The maximum Gasteiger partial charge on any atom is 0.389 e. The second-order valence-electron chi connectivity index (χ2n) is 3.55. The van der Waals surface area contributed by atoms with Crippen LogP contribution < -0.4 is 0 Å². The summed E-state index contributed by atoms with van der Waals surface area (Å²) in [7, 11) is 0. The number of halogens is 1. The minimum atomic E-state index is -0.619. The average Bonchev–Trinajstić information content (AvgIpc) is 2.80. The molecular formula is C11H7FN4O2. The first-order chi connectivity index (χ1) is 8.60. The van der Waals surface area contributed by atoms with Gasteiger partial charge in [-0.1, -0.05) is 6.07 Å². The van der Waals surface area contributed by atoms with Gasteiger partial charge in [-0.05, 0) is 17.1 Å². The number of nitriles is 1. The summed E-state index contributed by atoms with van der Waals surface area (Å²) < 4.78 is 14.8. The van der Waals surface area contributed by atoms with Crippen LogP contribution in [0.1, 0.15) is 11.1 Å². The van der Waals surface area contributed by atoms with E-state index in [0.29, 0.717) is 5.56 Å².